The fourth-order valence-corrected chi connectivity index (χ4v) is 3.75. The van der Waals surface area contributed by atoms with Crippen molar-refractivity contribution in [2.24, 2.45) is 7.05 Å². The van der Waals surface area contributed by atoms with Gasteiger partial charge in [-0.05, 0) is 19.1 Å². The summed E-state index contributed by atoms with van der Waals surface area (Å²) in [6.45, 7) is 3.39. The topological polar surface area (TPSA) is 105 Å². The molecule has 10 heteroatoms. The van der Waals surface area contributed by atoms with Gasteiger partial charge in [0.1, 0.15) is 11.6 Å². The third kappa shape index (κ3) is 4.55. The summed E-state index contributed by atoms with van der Waals surface area (Å²) >= 11 is 6.40. The number of fused-ring (bicyclic) bond motifs is 1. The first-order chi connectivity index (χ1) is 16.3. The number of hydrogen-bond acceptors (Lipinski definition) is 7. The van der Waals surface area contributed by atoms with Gasteiger partial charge in [0.05, 0.1) is 34.2 Å². The number of carbonyl (C=O) groups excluding carboxylic acids is 1. The first-order valence-electron chi connectivity index (χ1n) is 10.6. The van der Waals surface area contributed by atoms with E-state index < -0.39 is 0 Å². The molecule has 1 atom stereocenters. The number of hydrogen-bond donors (Lipinski definition) is 2. The molecule has 174 valence electrons. The van der Waals surface area contributed by atoms with E-state index in [9.17, 15) is 9.59 Å². The van der Waals surface area contributed by atoms with Gasteiger partial charge in [0.25, 0.3) is 5.56 Å². The van der Waals surface area contributed by atoms with E-state index in [0.29, 0.717) is 39.2 Å². The first-order valence-corrected chi connectivity index (χ1v) is 11.0. The van der Waals surface area contributed by atoms with E-state index in [1.165, 1.54) is 18.0 Å². The second-order valence-corrected chi connectivity index (χ2v) is 8.26. The first kappa shape index (κ1) is 23.2. The lowest BCUT2D eigenvalue weighted by atomic mass is 10.1. The lowest BCUT2D eigenvalue weighted by Crippen LogP contribution is -2.23. The maximum atomic E-state index is 12.8. The number of anilines is 4. The van der Waals surface area contributed by atoms with E-state index in [0.717, 1.165) is 5.39 Å². The van der Waals surface area contributed by atoms with Crippen LogP contribution < -0.4 is 21.1 Å². The summed E-state index contributed by atoms with van der Waals surface area (Å²) in [5.74, 6) is 0.921. The monoisotopic (exact) mass is 477 g/mol. The van der Waals surface area contributed by atoms with Crippen molar-refractivity contribution >= 4 is 51.3 Å². The molecule has 3 heterocycles. The Bertz CT molecular complexity index is 1420. The minimum atomic E-state index is -0.215. The van der Waals surface area contributed by atoms with Crippen molar-refractivity contribution in [1.29, 1.82) is 0 Å². The lowest BCUT2D eigenvalue weighted by molar-refractivity contribution is -0.116. The minimum absolute atomic E-state index is 0.152. The molecule has 2 N–H and O–H groups in total. The quantitative estimate of drug-likeness (QED) is 0.427. The van der Waals surface area contributed by atoms with Gasteiger partial charge in [0.15, 0.2) is 0 Å². The number of benzene rings is 1. The number of nitrogens with zero attached hydrogens (tertiary/aromatic N) is 5. The van der Waals surface area contributed by atoms with E-state index in [-0.39, 0.29) is 17.5 Å². The zero-order valence-electron chi connectivity index (χ0n) is 19.2. The van der Waals surface area contributed by atoms with Crippen molar-refractivity contribution in [1.82, 2.24) is 19.5 Å². The molecule has 0 bridgehead atoms. The van der Waals surface area contributed by atoms with Crippen molar-refractivity contribution < 1.29 is 4.79 Å². The Kier molecular flexibility index (Phi) is 6.47. The maximum absolute atomic E-state index is 12.8. The predicted molar refractivity (Wildman–Crippen MR) is 135 cm³/mol. The predicted octanol–water partition coefficient (Wildman–Crippen LogP) is 4.28. The summed E-state index contributed by atoms with van der Waals surface area (Å²) in [7, 11) is 3.35. The molecule has 1 aromatic carbocycles. The molecule has 0 saturated heterocycles. The smallest absolute Gasteiger partial charge is 0.252 e. The lowest BCUT2D eigenvalue weighted by Gasteiger charge is -2.20. The van der Waals surface area contributed by atoms with Crippen LogP contribution >= 0.6 is 11.6 Å². The van der Waals surface area contributed by atoms with Crippen LogP contribution in [-0.4, -0.2) is 32.5 Å². The van der Waals surface area contributed by atoms with Crippen LogP contribution in [0, 0.1) is 0 Å². The van der Waals surface area contributed by atoms with Crippen LogP contribution in [0.5, 0.6) is 0 Å². The Hall–Kier alpha value is -3.98. The highest BCUT2D eigenvalue weighted by molar-refractivity contribution is 6.33. The molecule has 0 aliphatic rings. The largest absolute Gasteiger partial charge is 0.375 e. The number of amides is 1. The Labute approximate surface area is 201 Å². The Morgan fingerprint density at radius 2 is 1.82 bits per heavy atom. The van der Waals surface area contributed by atoms with Crippen LogP contribution in [0.15, 0.2) is 59.8 Å². The van der Waals surface area contributed by atoms with Gasteiger partial charge < -0.3 is 20.1 Å². The summed E-state index contributed by atoms with van der Waals surface area (Å²) in [5, 5.41) is 7.89. The molecule has 9 nitrogen and oxygen atoms in total. The van der Waals surface area contributed by atoms with Crippen molar-refractivity contribution in [2.75, 3.05) is 22.6 Å². The van der Waals surface area contributed by atoms with Gasteiger partial charge in [-0.25, -0.2) is 15.0 Å². The van der Waals surface area contributed by atoms with Crippen molar-refractivity contribution in [3.8, 4) is 0 Å². The second-order valence-electron chi connectivity index (χ2n) is 7.86. The fraction of sp³-hybridized carbons (Fsp3) is 0.208. The minimum Gasteiger partial charge on any atom is -0.375 e. The van der Waals surface area contributed by atoms with E-state index in [4.69, 9.17) is 11.6 Å². The van der Waals surface area contributed by atoms with Crippen LogP contribution in [-0.2, 0) is 11.8 Å². The molecular weight excluding hydrogens is 454 g/mol. The molecular formula is C24H24ClN7O2. The van der Waals surface area contributed by atoms with Gasteiger partial charge in [-0.1, -0.05) is 23.7 Å². The Morgan fingerprint density at radius 3 is 2.53 bits per heavy atom. The molecule has 4 aromatic rings. The number of rotatable bonds is 6. The van der Waals surface area contributed by atoms with Crippen molar-refractivity contribution in [3.63, 3.8) is 0 Å². The molecule has 0 aliphatic carbocycles. The zero-order chi connectivity index (χ0) is 24.4. The second kappa shape index (κ2) is 9.48. The summed E-state index contributed by atoms with van der Waals surface area (Å²) < 4.78 is 1.57. The molecule has 0 fully saturated rings. The SMILES string of the molecule is CC(=O)N(C)c1cc(Nc2cccc3c(NC(C)c4ncccn4)cc(=O)n(C)c23)c(Cl)cn1. The number of pyridine rings is 2. The molecule has 1 amide bonds. The van der Waals surface area contributed by atoms with Crippen molar-refractivity contribution in [2.45, 2.75) is 19.9 Å². The summed E-state index contributed by atoms with van der Waals surface area (Å²) in [6.07, 6.45) is 4.85. The fourth-order valence-electron chi connectivity index (χ4n) is 3.60. The van der Waals surface area contributed by atoms with Crippen LogP contribution in [0.1, 0.15) is 25.7 Å². The van der Waals surface area contributed by atoms with Gasteiger partial charge in [-0.15, -0.1) is 0 Å². The summed E-state index contributed by atoms with van der Waals surface area (Å²) in [6, 6.07) is 10.5. The molecule has 0 saturated carbocycles. The number of halogens is 1. The average Bonchev–Trinajstić information content (AvgIpc) is 2.83. The third-order valence-corrected chi connectivity index (χ3v) is 5.83. The van der Waals surface area contributed by atoms with Gasteiger partial charge in [-0.3, -0.25) is 9.59 Å². The van der Waals surface area contributed by atoms with Gasteiger partial charge in [-0.2, -0.15) is 0 Å². The number of nitrogens with one attached hydrogen (secondary N) is 2. The van der Waals surface area contributed by atoms with Crippen LogP contribution in [0.2, 0.25) is 5.02 Å². The van der Waals surface area contributed by atoms with E-state index in [1.807, 2.05) is 25.1 Å². The number of aromatic nitrogens is 4. The van der Waals surface area contributed by atoms with Crippen molar-refractivity contribution in [3.05, 3.63) is 76.2 Å². The number of para-hydroxylation sites is 1. The summed E-state index contributed by atoms with van der Waals surface area (Å²) in [5.41, 5.74) is 2.41. The van der Waals surface area contributed by atoms with E-state index >= 15 is 0 Å². The summed E-state index contributed by atoms with van der Waals surface area (Å²) in [4.78, 5) is 38.9. The molecule has 3 aromatic heterocycles. The molecule has 0 spiro atoms. The molecule has 0 aliphatic heterocycles. The highest BCUT2D eigenvalue weighted by Crippen LogP contribution is 2.34. The molecule has 4 rings (SSSR count). The zero-order valence-corrected chi connectivity index (χ0v) is 20.0. The molecule has 0 radical (unpaired) electrons. The number of carbonyl (C=O) groups is 1. The molecule has 34 heavy (non-hydrogen) atoms. The molecule has 1 unspecified atom stereocenters. The highest BCUT2D eigenvalue weighted by Gasteiger charge is 2.16. The average molecular weight is 478 g/mol. The standard InChI is InChI=1S/C24H24ClN7O2/c1-14(24-26-9-6-10-27-24)29-19-12-22(34)32(4)23-16(19)7-5-8-18(23)30-20-11-21(28-13-17(20)25)31(3)15(2)33/h5-14,29H,1-4H3,(H,28,30). The van der Waals surface area contributed by atoms with E-state index in [1.54, 1.807) is 49.3 Å². The normalized spacial score (nSPS) is 11.8. The van der Waals surface area contributed by atoms with Crippen LogP contribution in [0.4, 0.5) is 22.9 Å². The van der Waals surface area contributed by atoms with Crippen LogP contribution in [0.3, 0.4) is 0 Å². The van der Waals surface area contributed by atoms with E-state index in [2.05, 4.69) is 25.6 Å². The Morgan fingerprint density at radius 1 is 1.09 bits per heavy atom. The third-order valence-electron chi connectivity index (χ3n) is 5.53. The Balaban J connectivity index is 1.78. The van der Waals surface area contributed by atoms with Gasteiger partial charge in [0, 0.05) is 56.6 Å². The van der Waals surface area contributed by atoms with Gasteiger partial charge >= 0.3 is 0 Å². The number of aryl methyl sites for hydroxylation is 1. The van der Waals surface area contributed by atoms with Gasteiger partial charge in [0.2, 0.25) is 5.91 Å². The maximum Gasteiger partial charge on any atom is 0.252 e. The highest BCUT2D eigenvalue weighted by atomic mass is 35.5. The van der Waals surface area contributed by atoms with Crippen LogP contribution in [0.25, 0.3) is 10.9 Å².